The Kier molecular flexibility index (Phi) is 3.42. The van der Waals surface area contributed by atoms with E-state index in [2.05, 4.69) is 0 Å². The summed E-state index contributed by atoms with van der Waals surface area (Å²) in [6.45, 7) is 0. The monoisotopic (exact) mass is 200 g/mol. The van der Waals surface area contributed by atoms with Crippen LogP contribution in [0.1, 0.15) is 0 Å². The molecule has 62 valence electrons. The maximum Gasteiger partial charge on any atom is 0.251 e. The number of benzene rings is 1. The molecule has 0 aromatic heterocycles. The van der Waals surface area contributed by atoms with Crippen LogP contribution in [0, 0.1) is 0 Å². The molecule has 1 aromatic rings. The minimum absolute atomic E-state index is 0.142. The SMILES string of the molecule is O=CC(Cl)=[P+]([O-])c1ccccc1. The first-order valence-corrected chi connectivity index (χ1v) is 4.89. The third-order valence-electron chi connectivity index (χ3n) is 1.28. The van der Waals surface area contributed by atoms with Crippen molar-refractivity contribution in [2.75, 3.05) is 0 Å². The molecule has 0 spiro atoms. The zero-order valence-electron chi connectivity index (χ0n) is 6.11. The summed E-state index contributed by atoms with van der Waals surface area (Å²) in [6, 6.07) is 8.64. The molecule has 0 amide bonds. The van der Waals surface area contributed by atoms with Crippen LogP contribution in [0.25, 0.3) is 0 Å². The van der Waals surface area contributed by atoms with Gasteiger partial charge in [0.15, 0.2) is 0 Å². The van der Waals surface area contributed by atoms with Crippen molar-refractivity contribution in [3.05, 3.63) is 30.3 Å². The predicted molar refractivity (Wildman–Crippen MR) is 49.9 cm³/mol. The van der Waals surface area contributed by atoms with Gasteiger partial charge in [0.2, 0.25) is 6.29 Å². The van der Waals surface area contributed by atoms with E-state index < -0.39 is 7.77 Å². The first kappa shape index (κ1) is 9.40. The number of carbonyl (C=O) groups is 1. The number of aldehydes is 1. The molecule has 0 N–H and O–H groups in total. The molecule has 1 atom stereocenters. The van der Waals surface area contributed by atoms with Gasteiger partial charge in [-0.25, -0.2) is 0 Å². The molecule has 0 saturated heterocycles. The lowest BCUT2D eigenvalue weighted by atomic mass is 10.4. The van der Waals surface area contributed by atoms with Gasteiger partial charge in [-0.1, -0.05) is 18.2 Å². The first-order chi connectivity index (χ1) is 5.75. The lowest BCUT2D eigenvalue weighted by Gasteiger charge is -1.95. The molecule has 1 rings (SSSR count). The second-order valence-corrected chi connectivity index (χ2v) is 4.33. The van der Waals surface area contributed by atoms with Gasteiger partial charge in [-0.05, 0) is 23.7 Å². The van der Waals surface area contributed by atoms with E-state index in [0.717, 1.165) is 0 Å². The van der Waals surface area contributed by atoms with Gasteiger partial charge in [0.1, 0.15) is 13.1 Å². The molecular formula is C8H6ClO2P. The third kappa shape index (κ3) is 2.15. The predicted octanol–water partition coefficient (Wildman–Crippen LogP) is 0.637. The van der Waals surface area contributed by atoms with Crippen LogP contribution in [0.5, 0.6) is 0 Å². The van der Waals surface area contributed by atoms with Gasteiger partial charge in [0.25, 0.3) is 4.75 Å². The fourth-order valence-corrected chi connectivity index (χ4v) is 1.81. The standard InChI is InChI=1S/C8H6ClO2P/c9-8(6-10)12(11)7-4-2-1-3-5-7/h1-6H. The molecule has 12 heavy (non-hydrogen) atoms. The Bertz CT molecular complexity index is 308. The van der Waals surface area contributed by atoms with Crippen molar-refractivity contribution in [3.63, 3.8) is 0 Å². The van der Waals surface area contributed by atoms with Gasteiger partial charge in [0.05, 0.1) is 0 Å². The Morgan fingerprint density at radius 3 is 2.50 bits per heavy atom. The van der Waals surface area contributed by atoms with Crippen molar-refractivity contribution >= 4 is 35.7 Å². The summed E-state index contributed by atoms with van der Waals surface area (Å²) in [5.41, 5.74) is 0. The average Bonchev–Trinajstić information content (AvgIpc) is 2.17. The van der Waals surface area contributed by atoms with Gasteiger partial charge < -0.3 is 4.89 Å². The summed E-state index contributed by atoms with van der Waals surface area (Å²) in [7, 11) is -1.87. The fraction of sp³-hybridized carbons (Fsp3) is 0. The van der Waals surface area contributed by atoms with Crippen molar-refractivity contribution in [1.82, 2.24) is 0 Å². The maximum atomic E-state index is 11.3. The van der Waals surface area contributed by atoms with Crippen molar-refractivity contribution in [2.45, 2.75) is 0 Å². The first-order valence-electron chi connectivity index (χ1n) is 3.25. The van der Waals surface area contributed by atoms with Crippen LogP contribution in [0.15, 0.2) is 30.3 Å². The average molecular weight is 201 g/mol. The van der Waals surface area contributed by atoms with Gasteiger partial charge in [-0.15, -0.1) is 0 Å². The van der Waals surface area contributed by atoms with Crippen molar-refractivity contribution in [3.8, 4) is 0 Å². The van der Waals surface area contributed by atoms with Crippen LogP contribution in [0.4, 0.5) is 0 Å². The number of carbonyl (C=O) groups excluding carboxylic acids is 1. The molecule has 0 aliphatic carbocycles. The zero-order chi connectivity index (χ0) is 8.97. The zero-order valence-corrected chi connectivity index (χ0v) is 7.76. The van der Waals surface area contributed by atoms with Crippen LogP contribution < -0.4 is 10.2 Å². The Morgan fingerprint density at radius 1 is 1.42 bits per heavy atom. The highest BCUT2D eigenvalue weighted by atomic mass is 35.5. The van der Waals surface area contributed by atoms with Crippen molar-refractivity contribution < 1.29 is 9.69 Å². The molecule has 0 aliphatic rings. The van der Waals surface area contributed by atoms with E-state index in [-0.39, 0.29) is 4.75 Å². The Morgan fingerprint density at radius 2 is 2.00 bits per heavy atom. The van der Waals surface area contributed by atoms with Gasteiger partial charge in [0, 0.05) is 0 Å². The molecule has 0 heterocycles. The highest BCUT2D eigenvalue weighted by molar-refractivity contribution is 7.65. The van der Waals surface area contributed by atoms with Crippen LogP contribution in [-0.4, -0.2) is 11.0 Å². The maximum absolute atomic E-state index is 11.3. The number of halogens is 1. The quantitative estimate of drug-likeness (QED) is 0.519. The van der Waals surface area contributed by atoms with Crippen LogP contribution >= 0.6 is 19.4 Å². The van der Waals surface area contributed by atoms with E-state index in [1.54, 1.807) is 24.3 Å². The second kappa shape index (κ2) is 4.36. The summed E-state index contributed by atoms with van der Waals surface area (Å²) in [4.78, 5) is 21.5. The van der Waals surface area contributed by atoms with Crippen LogP contribution in [-0.2, 0) is 4.79 Å². The lowest BCUT2D eigenvalue weighted by molar-refractivity contribution is -0.149. The minimum atomic E-state index is -1.87. The van der Waals surface area contributed by atoms with Crippen molar-refractivity contribution in [1.29, 1.82) is 0 Å². The molecule has 2 nitrogen and oxygen atoms in total. The molecule has 0 aliphatic heterocycles. The van der Waals surface area contributed by atoms with Crippen molar-refractivity contribution in [2.24, 2.45) is 0 Å². The Balaban J connectivity index is 3.08. The summed E-state index contributed by atoms with van der Waals surface area (Å²) in [6.07, 6.45) is 0.410. The van der Waals surface area contributed by atoms with E-state index in [1.807, 2.05) is 6.07 Å². The summed E-state index contributed by atoms with van der Waals surface area (Å²) >= 11 is 5.42. The fourth-order valence-electron chi connectivity index (χ4n) is 0.735. The molecular weight excluding hydrogens is 195 g/mol. The normalized spacial score (nSPS) is 12.2. The van der Waals surface area contributed by atoms with Crippen LogP contribution in [0.3, 0.4) is 0 Å². The van der Waals surface area contributed by atoms with E-state index in [4.69, 9.17) is 11.6 Å². The summed E-state index contributed by atoms with van der Waals surface area (Å²) in [5, 5.41) is 0.574. The minimum Gasteiger partial charge on any atom is -0.625 e. The Hall–Kier alpha value is -0.690. The molecule has 0 bridgehead atoms. The number of rotatable bonds is 2. The van der Waals surface area contributed by atoms with E-state index in [1.165, 1.54) is 0 Å². The number of hydrogen-bond donors (Lipinski definition) is 0. The van der Waals surface area contributed by atoms with Gasteiger partial charge in [-0.3, -0.25) is 4.79 Å². The Labute approximate surface area is 76.3 Å². The molecule has 4 heteroatoms. The van der Waals surface area contributed by atoms with Gasteiger partial charge >= 0.3 is 0 Å². The smallest absolute Gasteiger partial charge is 0.251 e. The molecule has 1 unspecified atom stereocenters. The second-order valence-electron chi connectivity index (χ2n) is 2.07. The number of hydrogen-bond acceptors (Lipinski definition) is 2. The van der Waals surface area contributed by atoms with Gasteiger partial charge in [-0.2, -0.15) is 0 Å². The topological polar surface area (TPSA) is 40.1 Å². The van der Waals surface area contributed by atoms with E-state index in [9.17, 15) is 9.69 Å². The van der Waals surface area contributed by atoms with E-state index in [0.29, 0.717) is 11.6 Å². The molecule has 0 radical (unpaired) electrons. The highest BCUT2D eigenvalue weighted by Crippen LogP contribution is 2.13. The third-order valence-corrected chi connectivity index (χ3v) is 3.09. The molecule has 0 saturated carbocycles. The summed E-state index contributed by atoms with van der Waals surface area (Å²) < 4.78 is -0.142. The largest absolute Gasteiger partial charge is 0.625 e. The van der Waals surface area contributed by atoms with E-state index >= 15 is 0 Å². The molecule has 0 fully saturated rings. The lowest BCUT2D eigenvalue weighted by Crippen LogP contribution is -2.09. The summed E-state index contributed by atoms with van der Waals surface area (Å²) in [5.74, 6) is 0. The van der Waals surface area contributed by atoms with Crippen LogP contribution in [0.2, 0.25) is 0 Å². The highest BCUT2D eigenvalue weighted by Gasteiger charge is 2.07. The molecule has 1 aromatic carbocycles.